The van der Waals surface area contributed by atoms with Gasteiger partial charge in [0.15, 0.2) is 23.5 Å². The number of ether oxygens (including phenoxy) is 3. The lowest BCUT2D eigenvalue weighted by molar-refractivity contribution is -0.201. The first-order valence-electron chi connectivity index (χ1n) is 23.8. The Morgan fingerprint density at radius 2 is 1.74 bits per heavy atom. The van der Waals surface area contributed by atoms with Crippen molar-refractivity contribution < 1.29 is 53.2 Å². The third-order valence-corrected chi connectivity index (χ3v) is 16.9. The van der Waals surface area contributed by atoms with Gasteiger partial charge in [0.25, 0.3) is 0 Å². The number of aliphatic hydroxyl groups excluding tert-OH is 2. The number of Topliss-reactive ketones (excluding diaryl/α,β-unsaturated/α-hetero) is 1. The number of allylic oxidation sites excluding steroid dienone is 4. The van der Waals surface area contributed by atoms with Gasteiger partial charge < -0.3 is 45.7 Å². The van der Waals surface area contributed by atoms with Gasteiger partial charge >= 0.3 is 6.09 Å². The Balaban J connectivity index is 0.880. The lowest BCUT2D eigenvalue weighted by Crippen LogP contribution is -2.63. The zero-order valence-electron chi connectivity index (χ0n) is 38.8. The van der Waals surface area contributed by atoms with E-state index in [4.69, 9.17) is 14.2 Å². The molecule has 66 heavy (non-hydrogen) atoms. The second-order valence-corrected chi connectivity index (χ2v) is 22.3. The van der Waals surface area contributed by atoms with Crippen molar-refractivity contribution in [1.82, 2.24) is 21.3 Å². The molecular weight excluding hydrogens is 912 g/mol. The normalized spacial score (nSPS) is 36.4. The lowest BCUT2D eigenvalue weighted by Gasteiger charge is -2.59. The summed E-state index contributed by atoms with van der Waals surface area (Å²) in [5, 5.41) is 33.8. The first-order valence-corrected chi connectivity index (χ1v) is 24.9. The average Bonchev–Trinajstić information content (AvgIpc) is 3.97. The average molecular weight is 980 g/mol. The zero-order chi connectivity index (χ0) is 47.4. The van der Waals surface area contributed by atoms with E-state index in [1.165, 1.54) is 0 Å². The van der Waals surface area contributed by atoms with Gasteiger partial charge in [0.05, 0.1) is 24.1 Å². The summed E-state index contributed by atoms with van der Waals surface area (Å²) >= 11 is 3.07. The Bertz CT molecular complexity index is 2150. The van der Waals surface area contributed by atoms with Gasteiger partial charge in [0, 0.05) is 34.9 Å². The van der Waals surface area contributed by atoms with E-state index in [1.54, 1.807) is 32.9 Å². The van der Waals surface area contributed by atoms with Crippen LogP contribution in [-0.4, -0.2) is 106 Å². The minimum atomic E-state index is -1.43. The molecule has 1 aliphatic heterocycles. The third kappa shape index (κ3) is 9.05. The number of rotatable bonds is 16. The van der Waals surface area contributed by atoms with Gasteiger partial charge in [-0.1, -0.05) is 65.7 Å². The van der Waals surface area contributed by atoms with Crippen LogP contribution in [0, 0.1) is 39.9 Å². The van der Waals surface area contributed by atoms with Crippen molar-refractivity contribution in [2.45, 2.75) is 147 Å². The number of hydrogen-bond donors (Lipinski definition) is 6. The predicted octanol–water partition coefficient (Wildman–Crippen LogP) is 4.81. The smallest absolute Gasteiger partial charge is 0.407 e. The van der Waals surface area contributed by atoms with Crippen LogP contribution in [0.5, 0.6) is 0 Å². The molecule has 6 saturated carbocycles. The Morgan fingerprint density at radius 1 is 1.00 bits per heavy atom. The van der Waals surface area contributed by atoms with Gasteiger partial charge in [-0.15, -0.1) is 0 Å². The fourth-order valence-electron chi connectivity index (χ4n) is 13.6. The maximum Gasteiger partial charge on any atom is 0.407 e. The van der Waals surface area contributed by atoms with Gasteiger partial charge in [-0.2, -0.15) is 0 Å². The molecule has 11 atom stereocenters. The SMILES string of the molecule is CC(C)(C)OC(=O)NCCCC[C@H](NC(=O)CNC(=O)CBr)C(=O)NC1CC2(Cc3ccc([C@@H]4O[C@@H]5C[C@H]6[C@@H]7CCC8=CC(=O)C=C[C@]8(C)[C@H]7[C@@H](O)C[C@]6(C)[C@]5(C(=O)CO)O4)cc3)CC1C2. The fraction of sp³-hybridized carbons (Fsp3) is 0.680. The Labute approximate surface area is 395 Å². The summed E-state index contributed by atoms with van der Waals surface area (Å²) in [6, 6.07) is 7.23. The molecule has 15 nitrogen and oxygen atoms in total. The summed E-state index contributed by atoms with van der Waals surface area (Å²) in [4.78, 5) is 76.7. The van der Waals surface area contributed by atoms with E-state index in [0.29, 0.717) is 44.6 Å². The van der Waals surface area contributed by atoms with Crippen LogP contribution in [0.15, 0.2) is 48.1 Å². The maximum absolute atomic E-state index is 14.0. The monoisotopic (exact) mass is 978 g/mol. The number of benzene rings is 1. The van der Waals surface area contributed by atoms with Crippen LogP contribution in [0.3, 0.4) is 0 Å². The Hall–Kier alpha value is -3.96. The minimum absolute atomic E-state index is 0.00686. The quantitative estimate of drug-likeness (QED) is 0.0976. The third-order valence-electron chi connectivity index (χ3n) is 16.4. The van der Waals surface area contributed by atoms with Crippen molar-refractivity contribution in [3.8, 4) is 0 Å². The van der Waals surface area contributed by atoms with Crippen LogP contribution >= 0.6 is 15.9 Å². The summed E-state index contributed by atoms with van der Waals surface area (Å²) in [7, 11) is 0. The van der Waals surface area contributed by atoms with Crippen LogP contribution in [-0.2, 0) is 44.6 Å². The molecule has 16 heteroatoms. The van der Waals surface area contributed by atoms with E-state index in [2.05, 4.69) is 56.3 Å². The number of alkyl carbamates (subject to hydrolysis) is 1. The summed E-state index contributed by atoms with van der Waals surface area (Å²) in [6.45, 7) is 8.92. The highest BCUT2D eigenvalue weighted by Crippen LogP contribution is 2.70. The van der Waals surface area contributed by atoms with E-state index in [9.17, 15) is 39.0 Å². The summed E-state index contributed by atoms with van der Waals surface area (Å²) in [5.41, 5.74) is -0.309. The molecule has 6 N–H and O–H groups in total. The predicted molar refractivity (Wildman–Crippen MR) is 246 cm³/mol. The van der Waals surface area contributed by atoms with Crippen molar-refractivity contribution in [1.29, 1.82) is 0 Å². The molecule has 1 unspecified atom stereocenters. The van der Waals surface area contributed by atoms with Crippen molar-refractivity contribution in [3.05, 3.63) is 59.2 Å². The van der Waals surface area contributed by atoms with E-state index >= 15 is 0 Å². The van der Waals surface area contributed by atoms with Crippen LogP contribution in [0.25, 0.3) is 0 Å². The van der Waals surface area contributed by atoms with Crippen LogP contribution in [0.1, 0.15) is 116 Å². The highest BCUT2D eigenvalue weighted by atomic mass is 79.9. The molecule has 0 aromatic heterocycles. The van der Waals surface area contributed by atoms with Crippen molar-refractivity contribution in [3.63, 3.8) is 0 Å². The van der Waals surface area contributed by atoms with Crippen molar-refractivity contribution in [2.24, 2.45) is 39.9 Å². The van der Waals surface area contributed by atoms with Crippen LogP contribution in [0.4, 0.5) is 4.79 Å². The number of nitrogens with one attached hydrogen (secondary N) is 4. The fourth-order valence-corrected chi connectivity index (χ4v) is 13.8. The summed E-state index contributed by atoms with van der Waals surface area (Å²) in [6.07, 6.45) is 10.1. The lowest BCUT2D eigenvalue weighted by atomic mass is 9.46. The maximum atomic E-state index is 14.0. The zero-order valence-corrected chi connectivity index (χ0v) is 40.4. The topological polar surface area (TPSA) is 219 Å². The second-order valence-electron chi connectivity index (χ2n) is 21.7. The standard InChI is InChI=1S/C50H67BrN4O11/c1-46(2,3)66-45(63)52-17-7-6-8-35(54-41(61)26-53-40(60)25-51)43(62)55-36-23-49(21-30(36)22-49)20-28-9-11-29(12-10-28)44-64-39-19-34-33-14-13-31-18-32(57)15-16-47(31,4)42(33)37(58)24-48(34,5)50(39,65-44)38(59)27-56/h9-12,15-16,18,30,33-37,39,42,44,56,58H,6-8,13-14,17,19-27H2,1-5H3,(H,52,63)(H,53,60)(H,54,61)(H,55,62)/t30?,33-,34-,35-,36?,37-,39+,42+,44+,47-,48-,49?,50+/m0/s1. The Kier molecular flexibility index (Phi) is 13.6. The van der Waals surface area contributed by atoms with Crippen LogP contribution < -0.4 is 21.3 Å². The number of aliphatic hydroxyl groups is 2. The largest absolute Gasteiger partial charge is 0.444 e. The molecule has 1 heterocycles. The molecule has 1 saturated heterocycles. The number of ketones is 2. The molecule has 2 bridgehead atoms. The van der Waals surface area contributed by atoms with E-state index < -0.39 is 71.0 Å². The van der Waals surface area contributed by atoms with Gasteiger partial charge in [0.2, 0.25) is 17.7 Å². The van der Waals surface area contributed by atoms with Gasteiger partial charge in [-0.3, -0.25) is 24.0 Å². The number of hydrogen-bond acceptors (Lipinski definition) is 11. The molecule has 0 radical (unpaired) electrons. The molecule has 9 rings (SSSR count). The summed E-state index contributed by atoms with van der Waals surface area (Å²) in [5.74, 6) is -1.24. The molecule has 1 aromatic carbocycles. The molecule has 7 aliphatic carbocycles. The van der Waals surface area contributed by atoms with Crippen molar-refractivity contribution in [2.75, 3.05) is 25.0 Å². The number of fused-ring (bicyclic) bond motifs is 8. The molecule has 1 aromatic rings. The summed E-state index contributed by atoms with van der Waals surface area (Å²) < 4.78 is 18.8. The second kappa shape index (κ2) is 18.5. The number of carbonyl (C=O) groups is 6. The van der Waals surface area contributed by atoms with Crippen molar-refractivity contribution >= 4 is 51.3 Å². The van der Waals surface area contributed by atoms with Crippen LogP contribution in [0.2, 0.25) is 0 Å². The molecule has 0 spiro atoms. The molecule has 8 aliphatic rings. The van der Waals surface area contributed by atoms with Gasteiger partial charge in [-0.25, -0.2) is 4.79 Å². The first-order chi connectivity index (χ1) is 31.2. The first kappa shape index (κ1) is 48.5. The highest BCUT2D eigenvalue weighted by Gasteiger charge is 2.76. The van der Waals surface area contributed by atoms with E-state index in [1.807, 2.05) is 25.1 Å². The van der Waals surface area contributed by atoms with Gasteiger partial charge in [-0.05, 0) is 132 Å². The van der Waals surface area contributed by atoms with Gasteiger partial charge in [0.1, 0.15) is 18.2 Å². The molecular formula is C50H67BrN4O11. The Morgan fingerprint density at radius 3 is 2.44 bits per heavy atom. The molecule has 360 valence electrons. The number of unbranched alkanes of at least 4 members (excludes halogenated alkanes) is 1. The minimum Gasteiger partial charge on any atom is -0.444 e. The number of amides is 4. The molecule has 7 fully saturated rings. The number of halogens is 1. The van der Waals surface area contributed by atoms with E-state index in [-0.39, 0.29) is 58.7 Å². The molecule has 4 amide bonds. The highest BCUT2D eigenvalue weighted by molar-refractivity contribution is 9.09. The number of alkyl halides is 1. The number of carbonyl (C=O) groups excluding carboxylic acids is 6. The van der Waals surface area contributed by atoms with E-state index in [0.717, 1.165) is 55.2 Å².